The maximum Gasteiger partial charge on any atom is 0.508 e. The molecule has 0 bridgehead atoms. The summed E-state index contributed by atoms with van der Waals surface area (Å²) in [6.45, 7) is 3.59. The molecule has 0 saturated heterocycles. The average Bonchev–Trinajstić information content (AvgIpc) is 2.94. The summed E-state index contributed by atoms with van der Waals surface area (Å²) >= 11 is 1.28. The first kappa shape index (κ1) is 60.6. The Balaban J connectivity index is -0.000000560. The quantitative estimate of drug-likeness (QED) is 0.0741. The molecule has 0 aromatic rings. The van der Waals surface area contributed by atoms with E-state index in [9.17, 15) is 33.9 Å². The summed E-state index contributed by atoms with van der Waals surface area (Å²) in [5.74, 6) is -1.74. The number of carbonyl (C=O) groups is 6. The molecular weight excluding hydrogens is 648 g/mol. The Bertz CT molecular complexity index is 845. The van der Waals surface area contributed by atoms with E-state index in [1.807, 2.05) is 0 Å². The summed E-state index contributed by atoms with van der Waals surface area (Å²) < 4.78 is 25.0. The lowest BCUT2D eigenvalue weighted by Gasteiger charge is -2.19. The minimum Gasteiger partial charge on any atom is -0.435 e. The second-order valence-electron chi connectivity index (χ2n) is 9.23. The number of hydrogen-bond acceptors (Lipinski definition) is 14. The van der Waals surface area contributed by atoms with Gasteiger partial charge < -0.3 is 40.3 Å². The number of primary amides is 1. The molecule has 14 nitrogen and oxygen atoms in total. The average molecular weight is 719 g/mol. The molecule has 0 aliphatic heterocycles. The van der Waals surface area contributed by atoms with Crippen LogP contribution in [0.2, 0.25) is 0 Å². The number of hydrogen-bond donors (Lipinski definition) is 3. The summed E-state index contributed by atoms with van der Waals surface area (Å²) in [4.78, 5) is 70.4. The molecule has 0 aliphatic rings. The molecule has 0 aromatic heterocycles. The molecule has 48 heavy (non-hydrogen) atoms. The van der Waals surface area contributed by atoms with Crippen molar-refractivity contribution in [2.24, 2.45) is 17.4 Å². The third-order valence-electron chi connectivity index (χ3n) is 5.70. The van der Waals surface area contributed by atoms with Gasteiger partial charge in [-0.25, -0.2) is 9.59 Å². The minimum absolute atomic E-state index is 0. The van der Waals surface area contributed by atoms with Crippen LogP contribution in [0.15, 0.2) is 0 Å². The lowest BCUT2D eigenvalue weighted by molar-refractivity contribution is -0.129. The molecule has 15 heteroatoms. The Labute approximate surface area is 295 Å². The van der Waals surface area contributed by atoms with Crippen molar-refractivity contribution < 1.29 is 57.6 Å². The molecule has 0 spiro atoms. The number of nitrogens with two attached hydrogens (primary N) is 2. The van der Waals surface area contributed by atoms with Crippen LogP contribution in [-0.4, -0.2) is 104 Å². The van der Waals surface area contributed by atoms with Gasteiger partial charge in [-0.15, -0.1) is 0 Å². The SMILES string of the molecule is C.C.C.C.C.C.CCOC(=O)OCCCC(CSCC(N)C(=O)CC(CO)C(=O)CCCOCCC(=O)CCC(N)=O)OC(=O)OCC. The van der Waals surface area contributed by atoms with Crippen molar-refractivity contribution in [2.45, 2.75) is 122 Å². The smallest absolute Gasteiger partial charge is 0.435 e. The molecule has 5 N–H and O–H groups in total. The monoisotopic (exact) mass is 718 g/mol. The summed E-state index contributed by atoms with van der Waals surface area (Å²) in [6, 6.07) is -0.900. The third-order valence-corrected chi connectivity index (χ3v) is 6.91. The fourth-order valence-corrected chi connectivity index (χ4v) is 4.49. The van der Waals surface area contributed by atoms with Crippen molar-refractivity contribution in [3.8, 4) is 0 Å². The Morgan fingerprint density at radius 1 is 0.708 bits per heavy atom. The van der Waals surface area contributed by atoms with E-state index in [1.54, 1.807) is 13.8 Å². The number of ether oxygens (including phenoxy) is 5. The van der Waals surface area contributed by atoms with E-state index in [2.05, 4.69) is 4.74 Å². The number of carbonyl (C=O) groups excluding carboxylic acids is 6. The van der Waals surface area contributed by atoms with E-state index in [0.717, 1.165) is 0 Å². The molecule has 290 valence electrons. The Morgan fingerprint density at radius 3 is 1.88 bits per heavy atom. The van der Waals surface area contributed by atoms with Gasteiger partial charge >= 0.3 is 12.3 Å². The molecule has 0 rings (SSSR count). The molecule has 3 unspecified atom stereocenters. The van der Waals surface area contributed by atoms with E-state index in [4.69, 9.17) is 30.4 Å². The van der Waals surface area contributed by atoms with Crippen LogP contribution in [0.5, 0.6) is 0 Å². The van der Waals surface area contributed by atoms with E-state index in [1.165, 1.54) is 11.8 Å². The predicted octanol–water partition coefficient (Wildman–Crippen LogP) is 5.52. The molecule has 0 saturated carbocycles. The van der Waals surface area contributed by atoms with Gasteiger partial charge in [0.15, 0.2) is 5.78 Å². The fraction of sp³-hybridized carbons (Fsp3) is 0.818. The molecule has 0 heterocycles. The van der Waals surface area contributed by atoms with E-state index >= 15 is 0 Å². The zero-order chi connectivity index (χ0) is 31.8. The summed E-state index contributed by atoms with van der Waals surface area (Å²) in [5.41, 5.74) is 11.0. The number of Topliss-reactive ketones (excluding diaryl/α,β-unsaturated/α-hetero) is 3. The Hall–Kier alpha value is -2.75. The van der Waals surface area contributed by atoms with Gasteiger partial charge in [-0.3, -0.25) is 19.2 Å². The van der Waals surface area contributed by atoms with Crippen LogP contribution in [0, 0.1) is 5.92 Å². The van der Waals surface area contributed by atoms with Gasteiger partial charge in [-0.1, -0.05) is 44.6 Å². The van der Waals surface area contributed by atoms with Crippen LogP contribution >= 0.6 is 11.8 Å². The van der Waals surface area contributed by atoms with Crippen molar-refractivity contribution in [3.05, 3.63) is 0 Å². The Kier molecular flexibility index (Phi) is 48.8. The van der Waals surface area contributed by atoms with Crippen LogP contribution in [0.3, 0.4) is 0 Å². The van der Waals surface area contributed by atoms with E-state index < -0.39 is 42.9 Å². The highest BCUT2D eigenvalue weighted by atomic mass is 32.2. The number of aliphatic hydroxyl groups is 1. The minimum atomic E-state index is -0.900. The highest BCUT2D eigenvalue weighted by molar-refractivity contribution is 7.99. The molecular formula is C33H70N2O12S. The molecule has 0 aromatic carbocycles. The van der Waals surface area contributed by atoms with Crippen molar-refractivity contribution in [3.63, 3.8) is 0 Å². The summed E-state index contributed by atoms with van der Waals surface area (Å²) in [5, 5.41) is 9.64. The van der Waals surface area contributed by atoms with Gasteiger partial charge in [-0.05, 0) is 33.1 Å². The zero-order valence-electron chi connectivity index (χ0n) is 24.5. The molecule has 0 fully saturated rings. The van der Waals surface area contributed by atoms with Crippen LogP contribution in [0.4, 0.5) is 9.59 Å². The molecule has 3 atom stereocenters. The van der Waals surface area contributed by atoms with Gasteiger partial charge in [0, 0.05) is 56.1 Å². The largest absolute Gasteiger partial charge is 0.508 e. The number of ketones is 3. The van der Waals surface area contributed by atoms with Gasteiger partial charge in [-0.2, -0.15) is 11.8 Å². The van der Waals surface area contributed by atoms with Crippen LogP contribution < -0.4 is 11.5 Å². The van der Waals surface area contributed by atoms with Gasteiger partial charge in [0.05, 0.1) is 39.1 Å². The van der Waals surface area contributed by atoms with E-state index in [-0.39, 0.29) is 133 Å². The Morgan fingerprint density at radius 2 is 1.31 bits per heavy atom. The second kappa shape index (κ2) is 38.7. The van der Waals surface area contributed by atoms with Crippen molar-refractivity contribution in [1.29, 1.82) is 0 Å². The van der Waals surface area contributed by atoms with Crippen molar-refractivity contribution in [1.82, 2.24) is 0 Å². The second-order valence-corrected chi connectivity index (χ2v) is 10.3. The van der Waals surface area contributed by atoms with Gasteiger partial charge in [0.1, 0.15) is 17.7 Å². The number of aliphatic hydroxyl groups excluding tert-OH is 1. The standard InChI is InChI=1S/C27H46N2O12S.6CH4/c1-3-38-26(35)40-13-5-7-21(41-27(36)39-4-2)17-42-18-22(28)24(33)15-19(16-30)23(32)8-6-12-37-14-11-20(31)9-10-25(29)34;;;;;;/h19,21-22,30H,3-18,28H2,1-2H3,(H2,29,34);6*1H4. The number of rotatable bonds is 26. The third kappa shape index (κ3) is 33.2. The lowest BCUT2D eigenvalue weighted by Crippen LogP contribution is -2.36. The lowest BCUT2D eigenvalue weighted by atomic mass is 9.93. The maximum absolute atomic E-state index is 12.6. The van der Waals surface area contributed by atoms with Crippen molar-refractivity contribution >= 4 is 47.3 Å². The number of amides is 1. The highest BCUT2D eigenvalue weighted by Crippen LogP contribution is 2.16. The van der Waals surface area contributed by atoms with E-state index in [0.29, 0.717) is 25.0 Å². The van der Waals surface area contributed by atoms with Gasteiger partial charge in [0.25, 0.3) is 0 Å². The number of thioether (sulfide) groups is 1. The first-order valence-corrected chi connectivity index (χ1v) is 15.2. The topological polar surface area (TPSA) is 221 Å². The molecule has 1 amide bonds. The maximum atomic E-state index is 12.6. The normalized spacial score (nSPS) is 11.3. The van der Waals surface area contributed by atoms with Gasteiger partial charge in [0.2, 0.25) is 5.91 Å². The highest BCUT2D eigenvalue weighted by Gasteiger charge is 2.25. The van der Waals surface area contributed by atoms with Crippen LogP contribution in [0.25, 0.3) is 0 Å². The molecule has 0 radical (unpaired) electrons. The summed E-state index contributed by atoms with van der Waals surface area (Å²) in [6.07, 6.45) is -0.988. The van der Waals surface area contributed by atoms with Crippen molar-refractivity contribution in [2.75, 3.05) is 51.1 Å². The first-order valence-electron chi connectivity index (χ1n) is 14.0. The zero-order valence-corrected chi connectivity index (χ0v) is 25.4. The molecule has 0 aliphatic carbocycles. The predicted molar refractivity (Wildman–Crippen MR) is 193 cm³/mol. The fourth-order valence-electron chi connectivity index (χ4n) is 3.41. The summed E-state index contributed by atoms with van der Waals surface area (Å²) in [7, 11) is 0. The van der Waals surface area contributed by atoms with Crippen LogP contribution in [-0.2, 0) is 42.9 Å². The van der Waals surface area contributed by atoms with Crippen LogP contribution in [0.1, 0.15) is 110 Å². The first-order chi connectivity index (χ1) is 20.0.